The minimum Gasteiger partial charge on any atom is -0.264 e. The van der Waals surface area contributed by atoms with Crippen LogP contribution in [0.2, 0.25) is 0 Å². The van der Waals surface area contributed by atoms with Crippen LogP contribution in [-0.2, 0) is 6.42 Å². The van der Waals surface area contributed by atoms with Gasteiger partial charge in [-0.2, -0.15) is 5.26 Å². The zero-order valence-electron chi connectivity index (χ0n) is 5.32. The molecule has 1 rings (SSSR count). The van der Waals surface area contributed by atoms with E-state index in [4.69, 9.17) is 5.26 Å². The fraction of sp³-hybridized carbons (Fsp3) is 0.143. The fourth-order valence-electron chi connectivity index (χ4n) is 0.594. The number of nitrogens with zero attached hydrogens (tertiary/aromatic N) is 2. The Bertz CT molecular complexity index is 215. The van der Waals surface area contributed by atoms with Gasteiger partial charge < -0.3 is 0 Å². The number of rotatable bonds is 1. The zero-order chi connectivity index (χ0) is 6.53. The molecule has 0 amide bonds. The van der Waals surface area contributed by atoms with Crippen molar-refractivity contribution in [3.8, 4) is 6.07 Å². The molecule has 0 aliphatic carbocycles. The Morgan fingerprint density at radius 2 is 2.40 bits per heavy atom. The minimum absolute atomic E-state index is 0. The third-order valence-electron chi connectivity index (χ3n) is 1.01. The summed E-state index contributed by atoms with van der Waals surface area (Å²) < 4.78 is 0. The van der Waals surface area contributed by atoms with Gasteiger partial charge in [0.15, 0.2) is 0 Å². The summed E-state index contributed by atoms with van der Waals surface area (Å²) in [5.41, 5.74) is 0.972. The van der Waals surface area contributed by atoms with Gasteiger partial charge >= 0.3 is 0 Å². The van der Waals surface area contributed by atoms with Crippen LogP contribution in [-0.4, -0.2) is 4.98 Å². The van der Waals surface area contributed by atoms with E-state index in [1.54, 1.807) is 12.4 Å². The molecule has 3 heteroatoms. The smallest absolute Gasteiger partial charge is 0.0670 e. The van der Waals surface area contributed by atoms with Gasteiger partial charge in [-0.1, -0.05) is 6.07 Å². The van der Waals surface area contributed by atoms with Crippen LogP contribution in [0.3, 0.4) is 0 Å². The second-order valence-electron chi connectivity index (χ2n) is 1.70. The maximum atomic E-state index is 8.24. The van der Waals surface area contributed by atoms with E-state index in [1.165, 1.54) is 0 Å². The highest BCUT2D eigenvalue weighted by molar-refractivity contribution is 5.85. The topological polar surface area (TPSA) is 36.7 Å². The van der Waals surface area contributed by atoms with Crippen molar-refractivity contribution in [1.82, 2.24) is 4.98 Å². The standard InChI is InChI=1S/C7H6N2.ClH/c8-4-3-7-2-1-5-9-6-7;/h1-2,5-6H,3H2;1H. The van der Waals surface area contributed by atoms with Gasteiger partial charge in [-0.3, -0.25) is 4.98 Å². The predicted molar refractivity (Wildman–Crippen MR) is 40.8 cm³/mol. The van der Waals surface area contributed by atoms with Gasteiger partial charge in [0, 0.05) is 12.4 Å². The van der Waals surface area contributed by atoms with E-state index in [0.29, 0.717) is 6.42 Å². The summed E-state index contributed by atoms with van der Waals surface area (Å²) >= 11 is 0. The van der Waals surface area contributed by atoms with Crippen molar-refractivity contribution in [3.05, 3.63) is 30.1 Å². The maximum absolute atomic E-state index is 8.24. The quantitative estimate of drug-likeness (QED) is 0.616. The molecule has 0 atom stereocenters. The summed E-state index contributed by atoms with van der Waals surface area (Å²) in [4.78, 5) is 3.85. The second kappa shape index (κ2) is 4.78. The lowest BCUT2D eigenvalue weighted by Crippen LogP contribution is -1.79. The first-order valence-electron chi connectivity index (χ1n) is 2.69. The number of pyridine rings is 1. The van der Waals surface area contributed by atoms with E-state index in [1.807, 2.05) is 18.2 Å². The molecular weight excluding hydrogens is 148 g/mol. The van der Waals surface area contributed by atoms with Crippen LogP contribution in [0.4, 0.5) is 0 Å². The van der Waals surface area contributed by atoms with Crippen molar-refractivity contribution in [3.63, 3.8) is 0 Å². The Morgan fingerprint density at radius 3 is 2.90 bits per heavy atom. The number of hydrogen-bond donors (Lipinski definition) is 0. The molecule has 1 aromatic rings. The Hall–Kier alpha value is -1.07. The Labute approximate surface area is 65.9 Å². The minimum atomic E-state index is 0. The van der Waals surface area contributed by atoms with E-state index in [9.17, 15) is 0 Å². The molecule has 0 saturated heterocycles. The molecule has 0 bridgehead atoms. The van der Waals surface area contributed by atoms with Gasteiger partial charge in [0.05, 0.1) is 12.5 Å². The van der Waals surface area contributed by atoms with Crippen molar-refractivity contribution in [2.24, 2.45) is 0 Å². The van der Waals surface area contributed by atoms with Gasteiger partial charge in [0.25, 0.3) is 0 Å². The van der Waals surface area contributed by atoms with Gasteiger partial charge in [0.1, 0.15) is 0 Å². The van der Waals surface area contributed by atoms with Crippen LogP contribution in [0.1, 0.15) is 5.56 Å². The summed E-state index contributed by atoms with van der Waals surface area (Å²) in [6.45, 7) is 0. The SMILES string of the molecule is Cl.N#CCc1cccnc1. The number of nitriles is 1. The number of hydrogen-bond acceptors (Lipinski definition) is 2. The van der Waals surface area contributed by atoms with E-state index in [0.717, 1.165) is 5.56 Å². The van der Waals surface area contributed by atoms with Crippen LogP contribution < -0.4 is 0 Å². The lowest BCUT2D eigenvalue weighted by molar-refractivity contribution is 1.19. The van der Waals surface area contributed by atoms with E-state index < -0.39 is 0 Å². The Balaban J connectivity index is 0.000000810. The molecule has 0 N–H and O–H groups in total. The molecule has 0 aromatic carbocycles. The molecule has 2 nitrogen and oxygen atoms in total. The number of aromatic nitrogens is 1. The normalized spacial score (nSPS) is 7.50. The van der Waals surface area contributed by atoms with Crippen LogP contribution in [0, 0.1) is 11.3 Å². The molecule has 1 aromatic heterocycles. The van der Waals surface area contributed by atoms with Crippen LogP contribution in [0.25, 0.3) is 0 Å². The Morgan fingerprint density at radius 1 is 1.60 bits per heavy atom. The maximum Gasteiger partial charge on any atom is 0.0670 e. The first-order valence-corrected chi connectivity index (χ1v) is 2.69. The molecule has 0 aliphatic rings. The number of halogens is 1. The van der Waals surface area contributed by atoms with Gasteiger partial charge in [-0.05, 0) is 11.6 Å². The van der Waals surface area contributed by atoms with E-state index in [-0.39, 0.29) is 12.4 Å². The molecule has 0 aliphatic heterocycles. The van der Waals surface area contributed by atoms with Crippen LogP contribution >= 0.6 is 12.4 Å². The van der Waals surface area contributed by atoms with Crippen molar-refractivity contribution >= 4 is 12.4 Å². The predicted octanol–water partition coefficient (Wildman–Crippen LogP) is 1.57. The van der Waals surface area contributed by atoms with Crippen molar-refractivity contribution in [2.75, 3.05) is 0 Å². The van der Waals surface area contributed by atoms with E-state index >= 15 is 0 Å². The molecule has 0 fully saturated rings. The van der Waals surface area contributed by atoms with E-state index in [2.05, 4.69) is 4.98 Å². The second-order valence-corrected chi connectivity index (χ2v) is 1.70. The van der Waals surface area contributed by atoms with Gasteiger partial charge in [-0.15, -0.1) is 12.4 Å². The van der Waals surface area contributed by atoms with Crippen LogP contribution in [0.15, 0.2) is 24.5 Å². The average molecular weight is 155 g/mol. The molecule has 0 radical (unpaired) electrons. The lowest BCUT2D eigenvalue weighted by Gasteiger charge is -1.87. The average Bonchev–Trinajstić information content (AvgIpc) is 1.91. The molecule has 0 spiro atoms. The summed E-state index contributed by atoms with van der Waals surface area (Å²) in [7, 11) is 0. The van der Waals surface area contributed by atoms with Crippen LogP contribution in [0.5, 0.6) is 0 Å². The summed E-state index contributed by atoms with van der Waals surface area (Å²) in [5.74, 6) is 0. The third kappa shape index (κ3) is 2.47. The molecule has 0 saturated carbocycles. The van der Waals surface area contributed by atoms with Crippen molar-refractivity contribution in [1.29, 1.82) is 5.26 Å². The van der Waals surface area contributed by atoms with Crippen molar-refractivity contribution < 1.29 is 0 Å². The highest BCUT2D eigenvalue weighted by atomic mass is 35.5. The molecule has 52 valence electrons. The monoisotopic (exact) mass is 154 g/mol. The molecule has 1 heterocycles. The van der Waals surface area contributed by atoms with Gasteiger partial charge in [0.2, 0.25) is 0 Å². The largest absolute Gasteiger partial charge is 0.264 e. The first-order chi connectivity index (χ1) is 4.43. The molecule has 10 heavy (non-hydrogen) atoms. The summed E-state index contributed by atoms with van der Waals surface area (Å²) in [6, 6.07) is 5.76. The zero-order valence-corrected chi connectivity index (χ0v) is 6.14. The highest BCUT2D eigenvalue weighted by Crippen LogP contribution is 1.93. The Kier molecular flexibility index (Phi) is 4.26. The lowest BCUT2D eigenvalue weighted by atomic mass is 10.2. The first kappa shape index (κ1) is 8.93. The molecule has 0 unspecified atom stereocenters. The summed E-state index contributed by atoms with van der Waals surface area (Å²) in [5, 5.41) is 8.24. The van der Waals surface area contributed by atoms with Crippen molar-refractivity contribution in [2.45, 2.75) is 6.42 Å². The fourth-order valence-corrected chi connectivity index (χ4v) is 0.594. The molecular formula is C7H7ClN2. The summed E-state index contributed by atoms with van der Waals surface area (Å²) in [6.07, 6.45) is 3.85. The third-order valence-corrected chi connectivity index (χ3v) is 1.01. The van der Waals surface area contributed by atoms with Gasteiger partial charge in [-0.25, -0.2) is 0 Å². The highest BCUT2D eigenvalue weighted by Gasteiger charge is 1.85.